The summed E-state index contributed by atoms with van der Waals surface area (Å²) in [6.07, 6.45) is 0.926. The largest absolute Gasteiger partial charge is 0.490 e. The third-order valence-corrected chi connectivity index (χ3v) is 6.21. The number of carbonyl (C=O) groups excluding carboxylic acids is 1. The molecule has 0 bridgehead atoms. The van der Waals surface area contributed by atoms with E-state index in [0.717, 1.165) is 23.1 Å². The molecule has 0 aromatic heterocycles. The number of hydrogen-bond acceptors (Lipinski definition) is 7. The minimum Gasteiger partial charge on any atom is -0.490 e. The van der Waals surface area contributed by atoms with Gasteiger partial charge in [0.25, 0.3) is 0 Å². The highest BCUT2D eigenvalue weighted by atomic mass is 16.5. The molecule has 38 heavy (non-hydrogen) atoms. The Morgan fingerprint density at radius 1 is 1.08 bits per heavy atom. The van der Waals surface area contributed by atoms with Crippen LogP contribution in [0.3, 0.4) is 0 Å². The molecule has 196 valence electrons. The van der Waals surface area contributed by atoms with Crippen molar-refractivity contribution < 1.29 is 23.7 Å². The number of fused-ring (bicyclic) bond motifs is 1. The number of ether oxygens (including phenoxy) is 4. The first-order valence-electron chi connectivity index (χ1n) is 12.7. The Labute approximate surface area is 223 Å². The van der Waals surface area contributed by atoms with Crippen LogP contribution >= 0.6 is 0 Å². The molecular formula is C31H32N2O5. The number of hydrogen-bond donors (Lipinski definition) is 1. The van der Waals surface area contributed by atoms with E-state index in [1.54, 1.807) is 36.4 Å². The van der Waals surface area contributed by atoms with E-state index in [2.05, 4.69) is 19.9 Å². The summed E-state index contributed by atoms with van der Waals surface area (Å²) in [5, 5.41) is 9.94. The molecular weight excluding hydrogens is 480 g/mol. The smallest absolute Gasteiger partial charge is 0.343 e. The van der Waals surface area contributed by atoms with Gasteiger partial charge in [0, 0.05) is 11.6 Å². The molecule has 2 N–H and O–H groups in total. The molecule has 3 aromatic carbocycles. The third-order valence-electron chi connectivity index (χ3n) is 6.21. The summed E-state index contributed by atoms with van der Waals surface area (Å²) in [6, 6.07) is 20.1. The first-order chi connectivity index (χ1) is 18.3. The van der Waals surface area contributed by atoms with Gasteiger partial charge >= 0.3 is 5.97 Å². The maximum Gasteiger partial charge on any atom is 0.343 e. The van der Waals surface area contributed by atoms with Crippen LogP contribution < -0.4 is 24.7 Å². The van der Waals surface area contributed by atoms with E-state index in [1.807, 2.05) is 38.1 Å². The van der Waals surface area contributed by atoms with Gasteiger partial charge in [-0.1, -0.05) is 43.7 Å². The topological polar surface area (TPSA) is 104 Å². The fourth-order valence-electron chi connectivity index (χ4n) is 4.28. The number of aryl methyl sites for hydroxylation is 1. The molecule has 4 rings (SSSR count). The minimum absolute atomic E-state index is 0.00220. The fourth-order valence-corrected chi connectivity index (χ4v) is 4.28. The van der Waals surface area contributed by atoms with Crippen LogP contribution in [0.1, 0.15) is 60.2 Å². The zero-order valence-electron chi connectivity index (χ0n) is 22.1. The number of rotatable bonds is 9. The second-order valence-corrected chi connectivity index (χ2v) is 9.55. The zero-order chi connectivity index (χ0) is 27.2. The van der Waals surface area contributed by atoms with Crippen molar-refractivity contribution in [1.82, 2.24) is 0 Å². The number of benzene rings is 3. The third kappa shape index (κ3) is 5.92. The fraction of sp³-hybridized carbons (Fsp3) is 0.290. The molecule has 1 aliphatic heterocycles. The van der Waals surface area contributed by atoms with Crippen molar-refractivity contribution in [2.24, 2.45) is 11.7 Å². The molecule has 0 aliphatic carbocycles. The van der Waals surface area contributed by atoms with Crippen LogP contribution in [0, 0.1) is 24.2 Å². The van der Waals surface area contributed by atoms with Gasteiger partial charge in [0.1, 0.15) is 23.1 Å². The average molecular weight is 513 g/mol. The molecule has 0 saturated heterocycles. The van der Waals surface area contributed by atoms with Crippen molar-refractivity contribution in [2.75, 3.05) is 13.2 Å². The normalized spacial score (nSPS) is 14.4. The molecule has 1 unspecified atom stereocenters. The SMILES string of the molecule is CCOc1cc(C2C(C#N)=C(N)Oc3cc(OC(=O)c4cccc(C)c4)ccc32)ccc1OCCC(C)C. The first-order valence-corrected chi connectivity index (χ1v) is 12.7. The molecule has 0 saturated carbocycles. The molecule has 7 nitrogen and oxygen atoms in total. The van der Waals surface area contributed by atoms with E-state index >= 15 is 0 Å². The Hall–Kier alpha value is -4.44. The van der Waals surface area contributed by atoms with Crippen LogP contribution in [0.15, 0.2) is 72.1 Å². The van der Waals surface area contributed by atoms with Gasteiger partial charge in [0.15, 0.2) is 11.5 Å². The Morgan fingerprint density at radius 2 is 1.89 bits per heavy atom. The van der Waals surface area contributed by atoms with Gasteiger partial charge in [-0.05, 0) is 62.1 Å². The summed E-state index contributed by atoms with van der Waals surface area (Å²) in [5.74, 6) is 1.53. The van der Waals surface area contributed by atoms with Crippen molar-refractivity contribution in [2.45, 2.75) is 40.0 Å². The zero-order valence-corrected chi connectivity index (χ0v) is 22.1. The van der Waals surface area contributed by atoms with Gasteiger partial charge < -0.3 is 24.7 Å². The average Bonchev–Trinajstić information content (AvgIpc) is 2.88. The van der Waals surface area contributed by atoms with E-state index in [1.165, 1.54) is 0 Å². The maximum atomic E-state index is 12.7. The van der Waals surface area contributed by atoms with Crippen molar-refractivity contribution in [3.05, 3.63) is 94.4 Å². The molecule has 0 fully saturated rings. The van der Waals surface area contributed by atoms with Crippen molar-refractivity contribution in [3.8, 4) is 29.1 Å². The van der Waals surface area contributed by atoms with E-state index in [-0.39, 0.29) is 11.5 Å². The standard InChI is InChI=1S/C31H32N2O5/c1-5-35-28-16-21(9-12-26(28)36-14-13-19(2)3)29-24-11-10-23(17-27(24)38-30(33)25(29)18-32)37-31(34)22-8-6-7-20(4)15-22/h6-12,15-17,19,29H,5,13-14,33H2,1-4H3. The molecule has 1 atom stereocenters. The number of nitrogens with zero attached hydrogens (tertiary/aromatic N) is 1. The maximum absolute atomic E-state index is 12.7. The molecule has 0 spiro atoms. The summed E-state index contributed by atoms with van der Waals surface area (Å²) in [6.45, 7) is 9.16. The molecule has 3 aromatic rings. The Bertz CT molecular complexity index is 1400. The lowest BCUT2D eigenvalue weighted by Crippen LogP contribution is -2.21. The van der Waals surface area contributed by atoms with Crippen LogP contribution in [0.2, 0.25) is 0 Å². The second-order valence-electron chi connectivity index (χ2n) is 9.55. The quantitative estimate of drug-likeness (QED) is 0.267. The Morgan fingerprint density at radius 3 is 2.61 bits per heavy atom. The Balaban J connectivity index is 1.66. The van der Waals surface area contributed by atoms with Gasteiger partial charge in [0.05, 0.1) is 24.7 Å². The van der Waals surface area contributed by atoms with E-state index in [4.69, 9.17) is 24.7 Å². The van der Waals surface area contributed by atoms with Crippen LogP contribution in [0.4, 0.5) is 0 Å². The lowest BCUT2D eigenvalue weighted by atomic mass is 9.83. The number of nitrogens with two attached hydrogens (primary N) is 1. The monoisotopic (exact) mass is 512 g/mol. The van der Waals surface area contributed by atoms with Crippen LogP contribution in [-0.2, 0) is 0 Å². The van der Waals surface area contributed by atoms with Crippen LogP contribution in [0.25, 0.3) is 0 Å². The number of nitriles is 1. The van der Waals surface area contributed by atoms with Crippen molar-refractivity contribution in [3.63, 3.8) is 0 Å². The van der Waals surface area contributed by atoms with Crippen LogP contribution in [0.5, 0.6) is 23.0 Å². The summed E-state index contributed by atoms with van der Waals surface area (Å²) in [7, 11) is 0. The molecule has 0 amide bonds. The first kappa shape index (κ1) is 26.6. The van der Waals surface area contributed by atoms with Crippen molar-refractivity contribution in [1.29, 1.82) is 5.26 Å². The highest BCUT2D eigenvalue weighted by Crippen LogP contribution is 2.45. The van der Waals surface area contributed by atoms with Gasteiger partial charge in [-0.15, -0.1) is 0 Å². The van der Waals surface area contributed by atoms with Gasteiger partial charge in [0.2, 0.25) is 5.88 Å². The summed E-state index contributed by atoms with van der Waals surface area (Å²) >= 11 is 0. The number of carbonyl (C=O) groups is 1. The molecule has 7 heteroatoms. The Kier molecular flexibility index (Phi) is 8.22. The highest BCUT2D eigenvalue weighted by molar-refractivity contribution is 5.91. The van der Waals surface area contributed by atoms with E-state index in [9.17, 15) is 10.1 Å². The molecule has 0 radical (unpaired) electrons. The van der Waals surface area contributed by atoms with Crippen molar-refractivity contribution >= 4 is 5.97 Å². The van der Waals surface area contributed by atoms with E-state index in [0.29, 0.717) is 47.7 Å². The number of esters is 1. The van der Waals surface area contributed by atoms with Crippen LogP contribution in [-0.4, -0.2) is 19.2 Å². The lowest BCUT2D eigenvalue weighted by Gasteiger charge is -2.27. The second kappa shape index (κ2) is 11.7. The molecule has 1 heterocycles. The van der Waals surface area contributed by atoms with E-state index < -0.39 is 11.9 Å². The highest BCUT2D eigenvalue weighted by Gasteiger charge is 2.32. The van der Waals surface area contributed by atoms with Gasteiger partial charge in [-0.3, -0.25) is 0 Å². The lowest BCUT2D eigenvalue weighted by molar-refractivity contribution is 0.0734. The predicted molar refractivity (Wildman–Crippen MR) is 144 cm³/mol. The van der Waals surface area contributed by atoms with Gasteiger partial charge in [-0.25, -0.2) is 4.79 Å². The summed E-state index contributed by atoms with van der Waals surface area (Å²) in [5.41, 5.74) is 9.41. The molecule has 1 aliphatic rings. The van der Waals surface area contributed by atoms with Gasteiger partial charge in [-0.2, -0.15) is 5.26 Å². The minimum atomic E-state index is -0.491. The summed E-state index contributed by atoms with van der Waals surface area (Å²) in [4.78, 5) is 12.7. The predicted octanol–water partition coefficient (Wildman–Crippen LogP) is 6.26. The summed E-state index contributed by atoms with van der Waals surface area (Å²) < 4.78 is 23.3. The number of allylic oxidation sites excluding steroid dienone is 1.